The molecular weight excluding hydrogens is 304 g/mol. The molecule has 1 aromatic rings. The van der Waals surface area contributed by atoms with Crippen molar-refractivity contribution in [2.45, 2.75) is 40.2 Å². The van der Waals surface area contributed by atoms with Crippen LogP contribution >= 0.6 is 0 Å². The van der Waals surface area contributed by atoms with Crippen molar-refractivity contribution < 1.29 is 9.53 Å². The fourth-order valence-electron chi connectivity index (χ4n) is 2.43. The van der Waals surface area contributed by atoms with Crippen LogP contribution in [0.4, 0.5) is 0 Å². The first kappa shape index (κ1) is 22.5. The number of amides is 1. The van der Waals surface area contributed by atoms with Crippen LogP contribution in [-0.4, -0.2) is 61.2 Å². The Morgan fingerprint density at radius 1 is 1.42 bits per heavy atom. The summed E-state index contributed by atoms with van der Waals surface area (Å²) in [5.74, 6) is -0.0527. The Hall–Kier alpha value is -1.50. The van der Waals surface area contributed by atoms with Crippen LogP contribution in [-0.2, 0) is 4.74 Å². The van der Waals surface area contributed by atoms with Crippen LogP contribution in [0.1, 0.15) is 43.6 Å². The number of nitrogens with two attached hydrogens (primary N) is 1. The lowest BCUT2D eigenvalue weighted by Gasteiger charge is -2.38. The predicted octanol–water partition coefficient (Wildman–Crippen LogP) is 1.83. The monoisotopic (exact) mass is 338 g/mol. The molecule has 1 aliphatic rings. The largest absolute Gasteiger partial charge is 0.373 e. The van der Waals surface area contributed by atoms with Crippen LogP contribution in [0.2, 0.25) is 0 Å². The number of aromatic nitrogens is 1. The van der Waals surface area contributed by atoms with Gasteiger partial charge in [-0.2, -0.15) is 0 Å². The van der Waals surface area contributed by atoms with Crippen molar-refractivity contribution in [1.29, 1.82) is 0 Å². The van der Waals surface area contributed by atoms with Crippen molar-refractivity contribution in [3.63, 3.8) is 0 Å². The Morgan fingerprint density at radius 2 is 2.08 bits per heavy atom. The van der Waals surface area contributed by atoms with Gasteiger partial charge in [0.1, 0.15) is 0 Å². The quantitative estimate of drug-likeness (QED) is 0.875. The SMILES string of the molecule is CC.CN.Cc1ccncc1C(=O)NCCN1CCOC(C)(C)C1. The number of aryl methyl sites for hydroxylation is 1. The number of ether oxygens (including phenoxy) is 1. The van der Waals surface area contributed by atoms with E-state index in [1.54, 1.807) is 12.4 Å². The molecule has 6 heteroatoms. The molecule has 138 valence electrons. The molecule has 1 aromatic heterocycles. The van der Waals surface area contributed by atoms with Gasteiger partial charge in [-0.3, -0.25) is 14.7 Å². The summed E-state index contributed by atoms with van der Waals surface area (Å²) in [6.07, 6.45) is 3.31. The summed E-state index contributed by atoms with van der Waals surface area (Å²) in [4.78, 5) is 18.4. The van der Waals surface area contributed by atoms with E-state index in [0.717, 1.165) is 31.8 Å². The van der Waals surface area contributed by atoms with E-state index in [1.165, 1.54) is 7.05 Å². The minimum atomic E-state index is -0.0950. The minimum Gasteiger partial charge on any atom is -0.373 e. The number of pyridine rings is 1. The van der Waals surface area contributed by atoms with E-state index >= 15 is 0 Å². The van der Waals surface area contributed by atoms with E-state index in [1.807, 2.05) is 26.8 Å². The van der Waals surface area contributed by atoms with E-state index in [-0.39, 0.29) is 11.5 Å². The van der Waals surface area contributed by atoms with Gasteiger partial charge in [0, 0.05) is 38.6 Å². The molecule has 6 nitrogen and oxygen atoms in total. The third-order valence-corrected chi connectivity index (χ3v) is 3.50. The maximum Gasteiger partial charge on any atom is 0.253 e. The first-order valence-electron chi connectivity index (χ1n) is 8.61. The van der Waals surface area contributed by atoms with Crippen molar-refractivity contribution >= 4 is 5.91 Å². The molecule has 2 rings (SSSR count). The Balaban J connectivity index is 0.00000123. The molecule has 1 amide bonds. The summed E-state index contributed by atoms with van der Waals surface area (Å²) in [7, 11) is 1.50. The normalized spacial score (nSPS) is 16.1. The molecule has 0 aliphatic carbocycles. The Bertz CT molecular complexity index is 478. The highest BCUT2D eigenvalue weighted by atomic mass is 16.5. The molecule has 1 aliphatic heterocycles. The summed E-state index contributed by atoms with van der Waals surface area (Å²) < 4.78 is 5.67. The number of hydrogen-bond donors (Lipinski definition) is 2. The molecule has 24 heavy (non-hydrogen) atoms. The van der Waals surface area contributed by atoms with Gasteiger partial charge in [0.05, 0.1) is 17.8 Å². The highest BCUT2D eigenvalue weighted by Gasteiger charge is 2.26. The molecule has 1 saturated heterocycles. The molecule has 0 radical (unpaired) electrons. The van der Waals surface area contributed by atoms with Crippen LogP contribution in [0, 0.1) is 6.92 Å². The summed E-state index contributed by atoms with van der Waals surface area (Å²) in [6, 6.07) is 1.85. The van der Waals surface area contributed by atoms with Gasteiger partial charge < -0.3 is 15.8 Å². The van der Waals surface area contributed by atoms with Crippen LogP contribution in [0.5, 0.6) is 0 Å². The highest BCUT2D eigenvalue weighted by Crippen LogP contribution is 2.15. The maximum absolute atomic E-state index is 12.0. The third kappa shape index (κ3) is 7.86. The van der Waals surface area contributed by atoms with Gasteiger partial charge >= 0.3 is 0 Å². The second-order valence-corrected chi connectivity index (χ2v) is 5.83. The summed E-state index contributed by atoms with van der Waals surface area (Å²) in [5, 5.41) is 2.95. The van der Waals surface area contributed by atoms with Crippen molar-refractivity contribution in [2.24, 2.45) is 5.73 Å². The van der Waals surface area contributed by atoms with Crippen LogP contribution in [0.3, 0.4) is 0 Å². The lowest BCUT2D eigenvalue weighted by Crippen LogP contribution is -2.50. The van der Waals surface area contributed by atoms with Crippen molar-refractivity contribution in [3.8, 4) is 0 Å². The number of hydrogen-bond acceptors (Lipinski definition) is 5. The highest BCUT2D eigenvalue weighted by molar-refractivity contribution is 5.95. The second kappa shape index (κ2) is 11.9. The fraction of sp³-hybridized carbons (Fsp3) is 0.667. The third-order valence-electron chi connectivity index (χ3n) is 3.50. The van der Waals surface area contributed by atoms with Crippen molar-refractivity contribution in [3.05, 3.63) is 29.6 Å². The topological polar surface area (TPSA) is 80.5 Å². The number of nitrogens with one attached hydrogen (secondary N) is 1. The van der Waals surface area contributed by atoms with Gasteiger partial charge in [0.15, 0.2) is 0 Å². The van der Waals surface area contributed by atoms with E-state index in [9.17, 15) is 4.79 Å². The van der Waals surface area contributed by atoms with Gasteiger partial charge in [-0.25, -0.2) is 0 Å². The average Bonchev–Trinajstić information content (AvgIpc) is 2.58. The Morgan fingerprint density at radius 3 is 2.67 bits per heavy atom. The van der Waals surface area contributed by atoms with Gasteiger partial charge in [-0.05, 0) is 39.4 Å². The predicted molar refractivity (Wildman–Crippen MR) is 99.2 cm³/mol. The first-order chi connectivity index (χ1) is 11.5. The summed E-state index contributed by atoms with van der Waals surface area (Å²) >= 11 is 0. The van der Waals surface area contributed by atoms with Gasteiger partial charge in [0.25, 0.3) is 5.91 Å². The Labute approximate surface area is 146 Å². The van der Waals surface area contributed by atoms with Crippen LogP contribution in [0.15, 0.2) is 18.5 Å². The smallest absolute Gasteiger partial charge is 0.253 e. The molecule has 0 unspecified atom stereocenters. The van der Waals surface area contributed by atoms with E-state index in [4.69, 9.17) is 4.74 Å². The molecule has 0 aromatic carbocycles. The van der Waals surface area contributed by atoms with Gasteiger partial charge in [-0.1, -0.05) is 13.8 Å². The molecule has 0 saturated carbocycles. The number of carbonyl (C=O) groups is 1. The molecule has 2 heterocycles. The van der Waals surface area contributed by atoms with Crippen molar-refractivity contribution in [2.75, 3.05) is 39.8 Å². The second-order valence-electron chi connectivity index (χ2n) is 5.83. The average molecular weight is 338 g/mol. The zero-order chi connectivity index (χ0) is 18.6. The molecule has 3 N–H and O–H groups in total. The number of rotatable bonds is 4. The summed E-state index contributed by atoms with van der Waals surface area (Å²) in [6.45, 7) is 14.2. The molecular formula is C18H34N4O2. The lowest BCUT2D eigenvalue weighted by atomic mass is 10.1. The van der Waals surface area contributed by atoms with Crippen LogP contribution in [0.25, 0.3) is 0 Å². The first-order valence-corrected chi connectivity index (χ1v) is 8.61. The minimum absolute atomic E-state index is 0.0527. The molecule has 0 bridgehead atoms. The number of nitrogens with zero attached hydrogens (tertiary/aromatic N) is 2. The maximum atomic E-state index is 12.0. The standard InChI is InChI=1S/C15H23N3O2.C2H6.CH5N/c1-12-4-5-16-10-13(12)14(19)17-6-7-18-8-9-20-15(2,3)11-18;2*1-2/h4-5,10H,6-9,11H2,1-3H3,(H,17,19);1-2H3;2H2,1H3. The number of morpholine rings is 1. The molecule has 0 spiro atoms. The molecule has 1 fully saturated rings. The van der Waals surface area contributed by atoms with Crippen LogP contribution < -0.4 is 11.1 Å². The fourth-order valence-corrected chi connectivity index (χ4v) is 2.43. The van der Waals surface area contributed by atoms with Gasteiger partial charge in [-0.15, -0.1) is 0 Å². The summed E-state index contributed by atoms with van der Waals surface area (Å²) in [5.41, 5.74) is 6.00. The van der Waals surface area contributed by atoms with E-state index < -0.39 is 0 Å². The molecule has 0 atom stereocenters. The Kier molecular flexibility index (Phi) is 11.2. The van der Waals surface area contributed by atoms with Gasteiger partial charge in [0.2, 0.25) is 0 Å². The van der Waals surface area contributed by atoms with E-state index in [0.29, 0.717) is 12.1 Å². The van der Waals surface area contributed by atoms with E-state index in [2.05, 4.69) is 34.8 Å². The van der Waals surface area contributed by atoms with Crippen molar-refractivity contribution in [1.82, 2.24) is 15.2 Å². The zero-order valence-electron chi connectivity index (χ0n) is 16.1. The number of carbonyl (C=O) groups excluding carboxylic acids is 1. The lowest BCUT2D eigenvalue weighted by molar-refractivity contribution is -0.0853. The zero-order valence-corrected chi connectivity index (χ0v) is 16.1.